The maximum atomic E-state index is 6.27. The molecular weight excluding hydrogens is 260 g/mol. The van der Waals surface area contributed by atoms with Crippen molar-refractivity contribution in [1.29, 1.82) is 0 Å². The molecule has 4 rings (SSSR count). The Bertz CT molecular complexity index is 733. The van der Waals surface area contributed by atoms with Gasteiger partial charge in [0.25, 0.3) is 0 Å². The van der Waals surface area contributed by atoms with Gasteiger partial charge in [-0.25, -0.2) is 0 Å². The molecule has 0 bridgehead atoms. The Labute approximate surface area is 123 Å². The Hall–Kier alpha value is -2.46. The molecule has 0 radical (unpaired) electrons. The lowest BCUT2D eigenvalue weighted by atomic mass is 10.0. The summed E-state index contributed by atoms with van der Waals surface area (Å²) in [5.41, 5.74) is 10.6. The van der Waals surface area contributed by atoms with Crippen LogP contribution in [0.5, 0.6) is 0 Å². The molecule has 2 aliphatic rings. The third kappa shape index (κ3) is 1.96. The third-order valence-electron chi connectivity index (χ3n) is 3.90. The lowest BCUT2D eigenvalue weighted by Gasteiger charge is -2.21. The second-order valence-corrected chi connectivity index (χ2v) is 5.20. The number of hydrogen-bond donors (Lipinski definition) is 1. The van der Waals surface area contributed by atoms with Gasteiger partial charge >= 0.3 is 0 Å². The van der Waals surface area contributed by atoms with Gasteiger partial charge in [-0.2, -0.15) is 0 Å². The number of aliphatic imine (C=N–C) groups is 2. The Kier molecular flexibility index (Phi) is 2.82. The summed E-state index contributed by atoms with van der Waals surface area (Å²) in [6.07, 6.45) is -0.407. The lowest BCUT2D eigenvalue weighted by Crippen LogP contribution is -2.39. The fourth-order valence-electron chi connectivity index (χ4n) is 2.96. The maximum absolute atomic E-state index is 6.27. The Balaban J connectivity index is 1.96. The van der Waals surface area contributed by atoms with Crippen molar-refractivity contribution in [3.63, 3.8) is 0 Å². The van der Waals surface area contributed by atoms with Crippen molar-refractivity contribution in [1.82, 2.24) is 0 Å². The summed E-state index contributed by atoms with van der Waals surface area (Å²) in [4.78, 5) is 11.5. The molecule has 0 amide bonds. The average molecular weight is 276 g/mol. The molecule has 0 aliphatic carbocycles. The van der Waals surface area contributed by atoms with Gasteiger partial charge in [0.1, 0.15) is 5.84 Å². The standard InChI is InChI=1S/C17H16N4/c18-16-17-19-10-11-21(17)14-9-5-4-8-13(14)15(20-16)12-6-2-1-3-7-12/h1-9,16H,10-11,18H2/t16-/m1/s1. The molecule has 2 N–H and O–H groups in total. The topological polar surface area (TPSA) is 54.0 Å². The van der Waals surface area contributed by atoms with Gasteiger partial charge in [-0.1, -0.05) is 48.5 Å². The van der Waals surface area contributed by atoms with E-state index in [0.717, 1.165) is 41.5 Å². The summed E-state index contributed by atoms with van der Waals surface area (Å²) < 4.78 is 0. The van der Waals surface area contributed by atoms with Gasteiger partial charge < -0.3 is 10.6 Å². The summed E-state index contributed by atoms with van der Waals surface area (Å²) in [5, 5.41) is 0. The lowest BCUT2D eigenvalue weighted by molar-refractivity contribution is 0.909. The molecule has 0 spiro atoms. The van der Waals surface area contributed by atoms with Gasteiger partial charge in [-0.3, -0.25) is 9.98 Å². The van der Waals surface area contributed by atoms with Crippen molar-refractivity contribution in [2.45, 2.75) is 6.17 Å². The number of rotatable bonds is 1. The van der Waals surface area contributed by atoms with Crippen LogP contribution in [0.15, 0.2) is 64.6 Å². The molecule has 2 aromatic carbocycles. The number of nitrogens with two attached hydrogens (primary N) is 1. The molecule has 4 nitrogen and oxygen atoms in total. The monoisotopic (exact) mass is 276 g/mol. The molecule has 0 aromatic heterocycles. The zero-order chi connectivity index (χ0) is 14.2. The number of hydrogen-bond acceptors (Lipinski definition) is 4. The number of anilines is 1. The largest absolute Gasteiger partial charge is 0.325 e. The first-order chi connectivity index (χ1) is 10.3. The zero-order valence-corrected chi connectivity index (χ0v) is 11.6. The normalized spacial score (nSPS) is 20.2. The van der Waals surface area contributed by atoms with Crippen molar-refractivity contribution in [2.24, 2.45) is 15.7 Å². The van der Waals surface area contributed by atoms with Crippen LogP contribution in [0.1, 0.15) is 11.1 Å². The summed E-state index contributed by atoms with van der Waals surface area (Å²) in [5.74, 6) is 0.869. The SMILES string of the molecule is N[C@@H]1N=C(c2ccccc2)c2ccccc2N2CCN=C12. The second-order valence-electron chi connectivity index (χ2n) is 5.20. The van der Waals surface area contributed by atoms with Gasteiger partial charge in [0.2, 0.25) is 0 Å². The van der Waals surface area contributed by atoms with E-state index in [-0.39, 0.29) is 0 Å². The first-order valence-corrected chi connectivity index (χ1v) is 7.15. The van der Waals surface area contributed by atoms with Crippen LogP contribution in [0, 0.1) is 0 Å². The van der Waals surface area contributed by atoms with Crippen LogP contribution in [-0.2, 0) is 0 Å². The molecule has 0 unspecified atom stereocenters. The first kappa shape index (κ1) is 12.3. The average Bonchev–Trinajstić information content (AvgIpc) is 2.99. The fourth-order valence-corrected chi connectivity index (χ4v) is 2.96. The van der Waals surface area contributed by atoms with Gasteiger partial charge in [-0.05, 0) is 6.07 Å². The van der Waals surface area contributed by atoms with E-state index in [9.17, 15) is 0 Å². The Morgan fingerprint density at radius 1 is 1.00 bits per heavy atom. The number of benzene rings is 2. The van der Waals surface area contributed by atoms with E-state index in [2.05, 4.69) is 34.2 Å². The van der Waals surface area contributed by atoms with E-state index in [1.165, 1.54) is 0 Å². The van der Waals surface area contributed by atoms with Crippen molar-refractivity contribution >= 4 is 17.2 Å². The molecule has 104 valence electrons. The van der Waals surface area contributed by atoms with E-state index >= 15 is 0 Å². The molecule has 2 aliphatic heterocycles. The van der Waals surface area contributed by atoms with Crippen molar-refractivity contribution in [3.8, 4) is 0 Å². The minimum Gasteiger partial charge on any atom is -0.325 e. The summed E-state index contributed by atoms with van der Waals surface area (Å²) in [6, 6.07) is 18.5. The van der Waals surface area contributed by atoms with Crippen LogP contribution in [0.3, 0.4) is 0 Å². The molecular formula is C17H16N4. The highest BCUT2D eigenvalue weighted by Crippen LogP contribution is 2.29. The van der Waals surface area contributed by atoms with Crippen molar-refractivity contribution in [3.05, 3.63) is 65.7 Å². The predicted octanol–water partition coefficient (Wildman–Crippen LogP) is 2.04. The first-order valence-electron chi connectivity index (χ1n) is 7.15. The van der Waals surface area contributed by atoms with Crippen LogP contribution in [-0.4, -0.2) is 30.8 Å². The highest BCUT2D eigenvalue weighted by molar-refractivity contribution is 6.21. The number of amidine groups is 1. The number of fused-ring (bicyclic) bond motifs is 3. The molecule has 1 atom stereocenters. The van der Waals surface area contributed by atoms with Crippen LogP contribution < -0.4 is 10.6 Å². The molecule has 21 heavy (non-hydrogen) atoms. The molecule has 2 aromatic rings. The van der Waals surface area contributed by atoms with Crippen LogP contribution in [0.4, 0.5) is 5.69 Å². The zero-order valence-electron chi connectivity index (χ0n) is 11.6. The summed E-state index contributed by atoms with van der Waals surface area (Å²) >= 11 is 0. The van der Waals surface area contributed by atoms with Crippen molar-refractivity contribution in [2.75, 3.05) is 18.0 Å². The van der Waals surface area contributed by atoms with E-state index < -0.39 is 6.17 Å². The van der Waals surface area contributed by atoms with Crippen LogP contribution in [0.25, 0.3) is 0 Å². The maximum Gasteiger partial charge on any atom is 0.156 e. The molecule has 0 fully saturated rings. The van der Waals surface area contributed by atoms with Gasteiger partial charge in [0.05, 0.1) is 17.9 Å². The van der Waals surface area contributed by atoms with E-state index in [0.29, 0.717) is 0 Å². The second kappa shape index (κ2) is 4.82. The molecule has 0 saturated carbocycles. The minimum atomic E-state index is -0.407. The molecule has 4 heteroatoms. The van der Waals surface area contributed by atoms with E-state index in [4.69, 9.17) is 10.7 Å². The summed E-state index contributed by atoms with van der Waals surface area (Å²) in [7, 11) is 0. The van der Waals surface area contributed by atoms with Crippen LogP contribution in [0.2, 0.25) is 0 Å². The minimum absolute atomic E-state index is 0.407. The smallest absolute Gasteiger partial charge is 0.156 e. The number of nitrogens with zero attached hydrogens (tertiary/aromatic N) is 3. The van der Waals surface area contributed by atoms with Crippen molar-refractivity contribution < 1.29 is 0 Å². The third-order valence-corrected chi connectivity index (χ3v) is 3.90. The van der Waals surface area contributed by atoms with Gasteiger partial charge in [0, 0.05) is 17.7 Å². The van der Waals surface area contributed by atoms with E-state index in [1.807, 2.05) is 30.3 Å². The number of para-hydroxylation sites is 1. The highest BCUT2D eigenvalue weighted by atomic mass is 15.3. The summed E-state index contributed by atoms with van der Waals surface area (Å²) in [6.45, 7) is 1.66. The fraction of sp³-hybridized carbons (Fsp3) is 0.176. The van der Waals surface area contributed by atoms with Crippen LogP contribution >= 0.6 is 0 Å². The van der Waals surface area contributed by atoms with Gasteiger partial charge in [-0.15, -0.1) is 0 Å². The van der Waals surface area contributed by atoms with Gasteiger partial charge in [0.15, 0.2) is 6.17 Å². The highest BCUT2D eigenvalue weighted by Gasteiger charge is 2.30. The Morgan fingerprint density at radius 2 is 1.76 bits per heavy atom. The Morgan fingerprint density at radius 3 is 2.62 bits per heavy atom. The molecule has 0 saturated heterocycles. The molecule has 2 heterocycles. The predicted molar refractivity (Wildman–Crippen MR) is 86.1 cm³/mol. The quantitative estimate of drug-likeness (QED) is 0.866. The van der Waals surface area contributed by atoms with E-state index in [1.54, 1.807) is 0 Å².